The minimum atomic E-state index is -0.609. The minimum absolute atomic E-state index is 0.142. The van der Waals surface area contributed by atoms with Gasteiger partial charge in [-0.15, -0.1) is 0 Å². The highest BCUT2D eigenvalue weighted by Gasteiger charge is 2.31. The van der Waals surface area contributed by atoms with Crippen LogP contribution in [0.1, 0.15) is 42.6 Å². The predicted molar refractivity (Wildman–Crippen MR) is 83.2 cm³/mol. The van der Waals surface area contributed by atoms with Gasteiger partial charge in [-0.05, 0) is 36.6 Å². The van der Waals surface area contributed by atoms with Crippen LogP contribution in [0.3, 0.4) is 0 Å². The monoisotopic (exact) mass is 292 g/mol. The van der Waals surface area contributed by atoms with Gasteiger partial charge in [0.2, 0.25) is 0 Å². The summed E-state index contributed by atoms with van der Waals surface area (Å²) in [4.78, 5) is 12.7. The van der Waals surface area contributed by atoms with Crippen molar-refractivity contribution in [1.29, 1.82) is 0 Å². The molecule has 0 aliphatic carbocycles. The van der Waals surface area contributed by atoms with E-state index in [1.165, 1.54) is 0 Å². The van der Waals surface area contributed by atoms with E-state index in [9.17, 15) is 4.79 Å². The van der Waals surface area contributed by atoms with Crippen molar-refractivity contribution in [1.82, 2.24) is 5.32 Å². The molecule has 0 saturated heterocycles. The van der Waals surface area contributed by atoms with Gasteiger partial charge in [0.25, 0.3) is 5.91 Å². The molecule has 20 heavy (non-hydrogen) atoms. The third-order valence-electron chi connectivity index (χ3n) is 3.98. The minimum Gasteiger partial charge on any atom is -0.493 e. The number of thiocarbonyl (C=S) groups is 1. The molecule has 0 fully saturated rings. The van der Waals surface area contributed by atoms with Gasteiger partial charge < -0.3 is 15.8 Å². The topological polar surface area (TPSA) is 64.3 Å². The van der Waals surface area contributed by atoms with E-state index in [0.717, 1.165) is 17.7 Å². The largest absolute Gasteiger partial charge is 0.493 e. The van der Waals surface area contributed by atoms with E-state index in [1.54, 1.807) is 6.07 Å². The van der Waals surface area contributed by atoms with Crippen molar-refractivity contribution in [3.63, 3.8) is 0 Å². The fourth-order valence-electron chi connectivity index (χ4n) is 2.45. The summed E-state index contributed by atoms with van der Waals surface area (Å²) in [6.07, 6.45) is 2.20. The zero-order chi connectivity index (χ0) is 14.8. The van der Waals surface area contributed by atoms with E-state index in [1.807, 2.05) is 26.0 Å². The summed E-state index contributed by atoms with van der Waals surface area (Å²) >= 11 is 5.12. The number of nitrogens with two attached hydrogens (primary N) is 1. The second-order valence-electron chi connectivity index (χ2n) is 5.03. The Bertz CT molecular complexity index is 539. The van der Waals surface area contributed by atoms with Crippen LogP contribution in [0.25, 0.3) is 0 Å². The Morgan fingerprint density at radius 3 is 2.75 bits per heavy atom. The highest BCUT2D eigenvalue weighted by molar-refractivity contribution is 7.80. The molecule has 0 saturated carbocycles. The first kappa shape index (κ1) is 14.8. The van der Waals surface area contributed by atoms with E-state index in [4.69, 9.17) is 22.7 Å². The van der Waals surface area contributed by atoms with E-state index < -0.39 is 5.54 Å². The average molecular weight is 292 g/mol. The molecule has 1 amide bonds. The molecule has 0 radical (unpaired) electrons. The average Bonchev–Trinajstić information content (AvgIpc) is 2.91. The van der Waals surface area contributed by atoms with Gasteiger partial charge in [0.15, 0.2) is 0 Å². The number of hydrogen-bond acceptors (Lipinski definition) is 3. The molecule has 3 N–H and O–H groups in total. The molecular weight excluding hydrogens is 272 g/mol. The van der Waals surface area contributed by atoms with Gasteiger partial charge in [0.1, 0.15) is 5.75 Å². The number of ether oxygens (including phenoxy) is 1. The Labute approximate surface area is 124 Å². The summed E-state index contributed by atoms with van der Waals surface area (Å²) in [5, 5.41) is 2.99. The van der Waals surface area contributed by atoms with Gasteiger partial charge >= 0.3 is 0 Å². The smallest absolute Gasteiger partial charge is 0.252 e. The van der Waals surface area contributed by atoms with Crippen LogP contribution in [-0.2, 0) is 6.42 Å². The number of carbonyl (C=O) groups excluding carboxylic acids is 1. The summed E-state index contributed by atoms with van der Waals surface area (Å²) in [6, 6.07) is 5.50. The second-order valence-corrected chi connectivity index (χ2v) is 5.47. The molecule has 108 valence electrons. The number of hydrogen-bond donors (Lipinski definition) is 2. The molecule has 1 aliphatic rings. The molecule has 2 rings (SSSR count). The number of amides is 1. The molecule has 1 aliphatic heterocycles. The van der Waals surface area contributed by atoms with Crippen molar-refractivity contribution < 1.29 is 9.53 Å². The van der Waals surface area contributed by atoms with Gasteiger partial charge in [-0.2, -0.15) is 0 Å². The molecule has 0 atom stereocenters. The van der Waals surface area contributed by atoms with E-state index >= 15 is 0 Å². The summed E-state index contributed by atoms with van der Waals surface area (Å²) in [7, 11) is 0. The fourth-order valence-corrected chi connectivity index (χ4v) is 2.79. The Morgan fingerprint density at radius 1 is 1.45 bits per heavy atom. The van der Waals surface area contributed by atoms with Crippen molar-refractivity contribution in [2.45, 2.75) is 38.6 Å². The van der Waals surface area contributed by atoms with Crippen molar-refractivity contribution >= 4 is 23.1 Å². The Balaban J connectivity index is 2.21. The highest BCUT2D eigenvalue weighted by Crippen LogP contribution is 2.26. The van der Waals surface area contributed by atoms with Crippen LogP contribution in [0.2, 0.25) is 0 Å². The lowest BCUT2D eigenvalue weighted by atomic mass is 9.92. The first-order valence-electron chi connectivity index (χ1n) is 6.90. The van der Waals surface area contributed by atoms with Crippen molar-refractivity contribution in [2.24, 2.45) is 5.73 Å². The summed E-state index contributed by atoms with van der Waals surface area (Å²) in [5.74, 6) is 0.726. The summed E-state index contributed by atoms with van der Waals surface area (Å²) in [6.45, 7) is 4.63. The van der Waals surface area contributed by atoms with E-state index in [2.05, 4.69) is 5.32 Å². The quantitative estimate of drug-likeness (QED) is 0.817. The van der Waals surface area contributed by atoms with Crippen LogP contribution in [0.4, 0.5) is 0 Å². The number of nitrogens with one attached hydrogen (secondary N) is 1. The number of benzene rings is 1. The van der Waals surface area contributed by atoms with Crippen LogP contribution in [0.5, 0.6) is 5.75 Å². The van der Waals surface area contributed by atoms with Crippen molar-refractivity contribution in [3.05, 3.63) is 29.3 Å². The molecule has 0 aromatic heterocycles. The maximum atomic E-state index is 12.4. The number of carbonyl (C=O) groups is 1. The summed E-state index contributed by atoms with van der Waals surface area (Å²) in [5.41, 5.74) is 6.89. The lowest BCUT2D eigenvalue weighted by molar-refractivity contribution is 0.0920. The van der Waals surface area contributed by atoms with E-state index in [-0.39, 0.29) is 5.91 Å². The molecular formula is C15H20N2O2S. The van der Waals surface area contributed by atoms with Crippen LogP contribution in [0.15, 0.2) is 18.2 Å². The molecule has 4 nitrogen and oxygen atoms in total. The van der Waals surface area contributed by atoms with Gasteiger partial charge in [0, 0.05) is 12.0 Å². The van der Waals surface area contributed by atoms with Gasteiger partial charge in [-0.3, -0.25) is 4.79 Å². The zero-order valence-electron chi connectivity index (χ0n) is 11.9. The molecule has 0 unspecified atom stereocenters. The van der Waals surface area contributed by atoms with Crippen LogP contribution in [-0.4, -0.2) is 23.0 Å². The SMILES string of the molecule is CCC(CC)(NC(=O)c1ccc2c(c1)CCO2)C(N)=S. The Kier molecular flexibility index (Phi) is 4.28. The lowest BCUT2D eigenvalue weighted by Crippen LogP contribution is -2.55. The Hall–Kier alpha value is -1.62. The fraction of sp³-hybridized carbons (Fsp3) is 0.467. The first-order valence-corrected chi connectivity index (χ1v) is 7.31. The molecule has 1 aromatic carbocycles. The summed E-state index contributed by atoms with van der Waals surface area (Å²) < 4.78 is 5.44. The standard InChI is InChI=1S/C15H20N2O2S/c1-3-15(4-2,14(16)20)17-13(18)11-5-6-12-10(9-11)7-8-19-12/h5-6,9H,3-4,7-8H2,1-2H3,(H2,16,20)(H,17,18). The Morgan fingerprint density at radius 2 is 2.15 bits per heavy atom. The molecule has 5 heteroatoms. The van der Waals surface area contributed by atoms with Gasteiger partial charge in [-0.1, -0.05) is 26.1 Å². The van der Waals surface area contributed by atoms with Crippen LogP contribution >= 0.6 is 12.2 Å². The predicted octanol–water partition coefficient (Wildman–Crippen LogP) is 2.20. The number of rotatable bonds is 5. The van der Waals surface area contributed by atoms with Gasteiger partial charge in [0.05, 0.1) is 17.1 Å². The molecule has 1 aromatic rings. The first-order chi connectivity index (χ1) is 9.52. The maximum Gasteiger partial charge on any atom is 0.252 e. The maximum absolute atomic E-state index is 12.4. The lowest BCUT2D eigenvalue weighted by Gasteiger charge is -2.31. The molecule has 0 spiro atoms. The third-order valence-corrected chi connectivity index (χ3v) is 4.37. The van der Waals surface area contributed by atoms with Crippen LogP contribution in [0, 0.1) is 0 Å². The van der Waals surface area contributed by atoms with E-state index in [0.29, 0.717) is 30.0 Å². The normalized spacial score (nSPS) is 13.5. The third kappa shape index (κ3) is 2.63. The van der Waals surface area contributed by atoms with Crippen LogP contribution < -0.4 is 15.8 Å². The molecule has 1 heterocycles. The van der Waals surface area contributed by atoms with Gasteiger partial charge in [-0.25, -0.2) is 0 Å². The number of fused-ring (bicyclic) bond motifs is 1. The van der Waals surface area contributed by atoms with Crippen molar-refractivity contribution in [2.75, 3.05) is 6.61 Å². The zero-order valence-corrected chi connectivity index (χ0v) is 12.7. The highest BCUT2D eigenvalue weighted by atomic mass is 32.1. The van der Waals surface area contributed by atoms with Crippen molar-refractivity contribution in [3.8, 4) is 5.75 Å². The second kappa shape index (κ2) is 5.79. The molecule has 0 bridgehead atoms.